The third kappa shape index (κ3) is 7.31. The first kappa shape index (κ1) is 26.9. The molecule has 2 rings (SSSR count). The van der Waals surface area contributed by atoms with E-state index in [4.69, 9.17) is 21.4 Å². The number of halogens is 2. The lowest BCUT2D eigenvalue weighted by Gasteiger charge is -2.12. The number of carbonyl (C=O) groups excluding carboxylic acids is 2. The average molecular weight is 531 g/mol. The number of ketones is 2. The van der Waals surface area contributed by atoms with Gasteiger partial charge in [-0.15, -0.1) is 0 Å². The third-order valence-electron chi connectivity index (χ3n) is 4.96. The monoisotopic (exact) mass is 530 g/mol. The molecule has 0 bridgehead atoms. The van der Waals surface area contributed by atoms with E-state index in [0.717, 1.165) is 5.56 Å². The van der Waals surface area contributed by atoms with Gasteiger partial charge >= 0.3 is 5.71 Å². The number of carbonyl (C=O) groups is 2. The van der Waals surface area contributed by atoms with Crippen LogP contribution in [-0.4, -0.2) is 38.9 Å². The highest BCUT2D eigenvalue weighted by molar-refractivity contribution is 8.14. The van der Waals surface area contributed by atoms with E-state index in [9.17, 15) is 32.0 Å². The van der Waals surface area contributed by atoms with E-state index in [-0.39, 0.29) is 22.6 Å². The number of hydrogen-bond acceptors (Lipinski definition) is 6. The highest BCUT2D eigenvalue weighted by Crippen LogP contribution is 2.24. The number of aryl methyl sites for hydroxylation is 1. The van der Waals surface area contributed by atoms with Crippen LogP contribution >= 0.6 is 21.4 Å². The average Bonchev–Trinajstić information content (AvgIpc) is 2.74. The van der Waals surface area contributed by atoms with Crippen LogP contribution in [0.15, 0.2) is 58.3 Å². The second-order valence-electron chi connectivity index (χ2n) is 7.14. The van der Waals surface area contributed by atoms with Crippen molar-refractivity contribution in [3.05, 3.63) is 65.2 Å². The number of rotatable bonds is 11. The fourth-order valence-electron chi connectivity index (χ4n) is 3.23. The summed E-state index contributed by atoms with van der Waals surface area (Å²) in [6.07, 6.45) is 0.971. The standard InChI is InChI=1S/C21H20Cl2N2O6S2/c1-2-18(15-8-12-17(13-9-15)33(23,30)31)21(27)20(25-24)19(26)5-3-4-14-6-10-16(11-7-14)32(22,28)29/h6-13,18H,2-5H2,1H3. The molecular formula is C21H20Cl2N2O6S2. The number of Topliss-reactive ketones (excluding diaryl/α,β-unsaturated/α-hetero) is 2. The fraction of sp³-hybridized carbons (Fsp3) is 0.286. The molecule has 33 heavy (non-hydrogen) atoms. The minimum Gasteiger partial charge on any atom is -0.360 e. The Labute approximate surface area is 201 Å². The summed E-state index contributed by atoms with van der Waals surface area (Å²) in [6.45, 7) is 1.71. The van der Waals surface area contributed by atoms with Gasteiger partial charge in [-0.05, 0) is 54.7 Å². The minimum absolute atomic E-state index is 0.0356. The lowest BCUT2D eigenvalue weighted by atomic mass is 9.88. The zero-order valence-electron chi connectivity index (χ0n) is 17.4. The maximum absolute atomic E-state index is 12.9. The smallest absolute Gasteiger partial charge is 0.360 e. The van der Waals surface area contributed by atoms with E-state index in [1.165, 1.54) is 36.4 Å². The van der Waals surface area contributed by atoms with Crippen LogP contribution in [0.3, 0.4) is 0 Å². The Morgan fingerprint density at radius 1 is 0.909 bits per heavy atom. The first-order valence-corrected chi connectivity index (χ1v) is 14.4. The molecule has 1 atom stereocenters. The van der Waals surface area contributed by atoms with Crippen molar-refractivity contribution >= 4 is 56.7 Å². The maximum Gasteiger partial charge on any atom is 0.400 e. The first-order chi connectivity index (χ1) is 15.4. The molecule has 2 aromatic carbocycles. The van der Waals surface area contributed by atoms with Gasteiger partial charge in [-0.25, -0.2) is 16.8 Å². The van der Waals surface area contributed by atoms with Gasteiger partial charge in [0, 0.05) is 27.8 Å². The van der Waals surface area contributed by atoms with Crippen molar-refractivity contribution in [1.29, 1.82) is 0 Å². The summed E-state index contributed by atoms with van der Waals surface area (Å²) in [5, 5.41) is 0. The Hall–Kier alpha value is -2.36. The quantitative estimate of drug-likeness (QED) is 0.142. The van der Waals surface area contributed by atoms with Gasteiger partial charge in [-0.2, -0.15) is 4.79 Å². The van der Waals surface area contributed by atoms with Crippen LogP contribution in [0.5, 0.6) is 0 Å². The summed E-state index contributed by atoms with van der Waals surface area (Å²) in [7, 11) is 2.83. The zero-order valence-corrected chi connectivity index (χ0v) is 20.6. The van der Waals surface area contributed by atoms with E-state index in [1.54, 1.807) is 19.1 Å². The molecule has 0 amide bonds. The van der Waals surface area contributed by atoms with Crippen LogP contribution in [-0.2, 0) is 34.1 Å². The van der Waals surface area contributed by atoms with Gasteiger partial charge in [-0.1, -0.05) is 31.2 Å². The number of hydrogen-bond donors (Lipinski definition) is 0. The van der Waals surface area contributed by atoms with Crippen molar-refractivity contribution in [3.63, 3.8) is 0 Å². The largest absolute Gasteiger partial charge is 0.400 e. The molecule has 2 aromatic rings. The Kier molecular flexibility index (Phi) is 9.11. The molecule has 0 aliphatic heterocycles. The molecule has 0 aliphatic carbocycles. The molecule has 8 nitrogen and oxygen atoms in total. The SMILES string of the molecule is CCC(C(=O)C(=[N+]=[N-])C(=O)CCCc1ccc(S(=O)(=O)Cl)cc1)c1ccc(S(=O)(=O)Cl)cc1. The molecule has 0 aromatic heterocycles. The highest BCUT2D eigenvalue weighted by atomic mass is 35.7. The van der Waals surface area contributed by atoms with E-state index >= 15 is 0 Å². The molecule has 176 valence electrons. The van der Waals surface area contributed by atoms with Crippen molar-refractivity contribution in [2.24, 2.45) is 0 Å². The molecule has 0 saturated carbocycles. The van der Waals surface area contributed by atoms with Crippen LogP contribution in [0.4, 0.5) is 0 Å². The summed E-state index contributed by atoms with van der Waals surface area (Å²) in [6, 6.07) is 11.2. The number of benzene rings is 2. The highest BCUT2D eigenvalue weighted by Gasteiger charge is 2.34. The Morgan fingerprint density at radius 2 is 1.39 bits per heavy atom. The second-order valence-corrected chi connectivity index (χ2v) is 12.3. The molecule has 0 N–H and O–H groups in total. The van der Waals surface area contributed by atoms with E-state index in [1.807, 2.05) is 0 Å². The minimum atomic E-state index is -3.92. The first-order valence-electron chi connectivity index (χ1n) is 9.76. The summed E-state index contributed by atoms with van der Waals surface area (Å²) < 4.78 is 45.4. The van der Waals surface area contributed by atoms with Crippen molar-refractivity contribution in [2.75, 3.05) is 0 Å². The lowest BCUT2D eigenvalue weighted by molar-refractivity contribution is -0.125. The molecule has 0 saturated heterocycles. The fourth-order valence-corrected chi connectivity index (χ4v) is 4.77. The maximum atomic E-state index is 12.9. The van der Waals surface area contributed by atoms with Crippen LogP contribution in [0.2, 0.25) is 0 Å². The Bertz CT molecular complexity index is 1300. The van der Waals surface area contributed by atoms with Gasteiger partial charge in [0.05, 0.1) is 15.7 Å². The predicted molar refractivity (Wildman–Crippen MR) is 124 cm³/mol. The van der Waals surface area contributed by atoms with Crippen LogP contribution in [0, 0.1) is 0 Å². The molecule has 0 aliphatic rings. The molecule has 12 heteroatoms. The Morgan fingerprint density at radius 3 is 1.82 bits per heavy atom. The molecular weight excluding hydrogens is 511 g/mol. The van der Waals surface area contributed by atoms with Gasteiger partial charge in [0.2, 0.25) is 5.78 Å². The van der Waals surface area contributed by atoms with Crippen LogP contribution < -0.4 is 0 Å². The summed E-state index contributed by atoms with van der Waals surface area (Å²) >= 11 is 0. The van der Waals surface area contributed by atoms with Crippen molar-refractivity contribution < 1.29 is 31.2 Å². The van der Waals surface area contributed by atoms with E-state index in [2.05, 4.69) is 4.79 Å². The summed E-state index contributed by atoms with van der Waals surface area (Å²) in [4.78, 5) is 28.2. The van der Waals surface area contributed by atoms with Crippen molar-refractivity contribution in [1.82, 2.24) is 0 Å². The van der Waals surface area contributed by atoms with Crippen LogP contribution in [0.25, 0.3) is 5.53 Å². The van der Waals surface area contributed by atoms with Gasteiger partial charge in [-0.3, -0.25) is 9.59 Å². The molecule has 0 heterocycles. The topological polar surface area (TPSA) is 139 Å². The zero-order chi connectivity index (χ0) is 24.8. The lowest BCUT2D eigenvalue weighted by Crippen LogP contribution is -2.30. The predicted octanol–water partition coefficient (Wildman–Crippen LogP) is 3.87. The molecule has 0 spiro atoms. The van der Waals surface area contributed by atoms with Gasteiger partial charge in [0.1, 0.15) is 0 Å². The van der Waals surface area contributed by atoms with Crippen molar-refractivity contribution in [2.45, 2.75) is 48.3 Å². The Balaban J connectivity index is 2.06. The molecule has 0 fully saturated rings. The summed E-state index contributed by atoms with van der Waals surface area (Å²) in [5.74, 6) is -2.12. The van der Waals surface area contributed by atoms with Gasteiger partial charge < -0.3 is 5.53 Å². The van der Waals surface area contributed by atoms with E-state index < -0.39 is 41.3 Å². The molecule has 1 unspecified atom stereocenters. The third-order valence-corrected chi connectivity index (χ3v) is 7.70. The molecule has 0 radical (unpaired) electrons. The van der Waals surface area contributed by atoms with Crippen molar-refractivity contribution in [3.8, 4) is 0 Å². The second kappa shape index (κ2) is 11.2. The van der Waals surface area contributed by atoms with Gasteiger partial charge in [0.25, 0.3) is 23.9 Å². The number of nitrogens with zero attached hydrogens (tertiary/aromatic N) is 2. The van der Waals surface area contributed by atoms with Gasteiger partial charge in [0.15, 0.2) is 0 Å². The normalized spacial score (nSPS) is 12.6. The summed E-state index contributed by atoms with van der Waals surface area (Å²) in [5.41, 5.74) is 9.95. The van der Waals surface area contributed by atoms with Crippen LogP contribution in [0.1, 0.15) is 43.2 Å². The van der Waals surface area contributed by atoms with E-state index in [0.29, 0.717) is 18.4 Å².